The van der Waals surface area contributed by atoms with Crippen molar-refractivity contribution in [1.29, 1.82) is 0 Å². The van der Waals surface area contributed by atoms with E-state index in [4.69, 9.17) is 5.73 Å². The second-order valence-electron chi connectivity index (χ2n) is 4.98. The molecule has 0 aliphatic rings. The van der Waals surface area contributed by atoms with Gasteiger partial charge in [-0.3, -0.25) is 4.79 Å². The van der Waals surface area contributed by atoms with Crippen LogP contribution in [-0.4, -0.2) is 18.7 Å². The molecular weight excluding hydrogens is 288 g/mol. The average molecular weight is 306 g/mol. The zero-order valence-corrected chi connectivity index (χ0v) is 12.6. The highest BCUT2D eigenvalue weighted by molar-refractivity contribution is 7.91. The minimum absolute atomic E-state index is 0.00229. The summed E-state index contributed by atoms with van der Waals surface area (Å²) >= 11 is 0. The summed E-state index contributed by atoms with van der Waals surface area (Å²) in [5.41, 5.74) is 6.82. The van der Waals surface area contributed by atoms with E-state index < -0.39 is 9.84 Å². The van der Waals surface area contributed by atoms with Gasteiger partial charge in [0.25, 0.3) is 5.56 Å². The molecule has 0 aliphatic carbocycles. The number of benzene rings is 1. The van der Waals surface area contributed by atoms with Crippen molar-refractivity contribution in [2.75, 3.05) is 11.5 Å². The van der Waals surface area contributed by atoms with E-state index in [0.29, 0.717) is 23.5 Å². The normalized spacial score (nSPS) is 11.5. The summed E-state index contributed by atoms with van der Waals surface area (Å²) in [5, 5.41) is 0. The molecule has 0 atom stereocenters. The first kappa shape index (κ1) is 15.3. The van der Waals surface area contributed by atoms with Crippen LogP contribution in [0.4, 0.5) is 5.69 Å². The molecule has 21 heavy (non-hydrogen) atoms. The molecule has 0 fully saturated rings. The van der Waals surface area contributed by atoms with Crippen molar-refractivity contribution in [3.63, 3.8) is 0 Å². The molecule has 2 rings (SSSR count). The highest BCUT2D eigenvalue weighted by atomic mass is 32.2. The Bertz CT molecular complexity index is 795. The molecule has 0 aliphatic heterocycles. The van der Waals surface area contributed by atoms with Crippen molar-refractivity contribution in [3.8, 4) is 0 Å². The van der Waals surface area contributed by atoms with Crippen LogP contribution >= 0.6 is 0 Å². The van der Waals surface area contributed by atoms with E-state index in [1.807, 2.05) is 13.0 Å². The third-order valence-corrected chi connectivity index (χ3v) is 4.97. The van der Waals surface area contributed by atoms with Crippen molar-refractivity contribution in [2.45, 2.75) is 24.8 Å². The lowest BCUT2D eigenvalue weighted by Gasteiger charge is -2.08. The predicted molar refractivity (Wildman–Crippen MR) is 83.0 cm³/mol. The molecule has 6 heteroatoms. The maximum absolute atomic E-state index is 12.2. The van der Waals surface area contributed by atoms with Gasteiger partial charge >= 0.3 is 0 Å². The topological polar surface area (TPSA) is 82.2 Å². The fraction of sp³-hybridized carbons (Fsp3) is 0.267. The van der Waals surface area contributed by atoms with Gasteiger partial charge in [-0.05, 0) is 37.1 Å². The van der Waals surface area contributed by atoms with Crippen molar-refractivity contribution in [2.24, 2.45) is 0 Å². The molecule has 0 amide bonds. The number of hydrogen-bond donors (Lipinski definition) is 1. The number of aryl methyl sites for hydroxylation is 2. The summed E-state index contributed by atoms with van der Waals surface area (Å²) < 4.78 is 25.9. The van der Waals surface area contributed by atoms with Crippen molar-refractivity contribution >= 4 is 15.5 Å². The molecule has 0 radical (unpaired) electrons. The van der Waals surface area contributed by atoms with Crippen LogP contribution < -0.4 is 11.3 Å². The number of hydrogen-bond acceptors (Lipinski definition) is 4. The van der Waals surface area contributed by atoms with Crippen LogP contribution in [0.1, 0.15) is 12.0 Å². The number of rotatable bonds is 5. The van der Waals surface area contributed by atoms with E-state index in [2.05, 4.69) is 0 Å². The van der Waals surface area contributed by atoms with Gasteiger partial charge in [-0.2, -0.15) is 0 Å². The Hall–Kier alpha value is -2.08. The van der Waals surface area contributed by atoms with E-state index in [0.717, 1.165) is 5.56 Å². The lowest BCUT2D eigenvalue weighted by Crippen LogP contribution is -2.20. The zero-order valence-electron chi connectivity index (χ0n) is 11.8. The van der Waals surface area contributed by atoms with Gasteiger partial charge in [0.2, 0.25) is 0 Å². The largest absolute Gasteiger partial charge is 0.398 e. The number of nitrogens with two attached hydrogens (primary N) is 1. The molecule has 2 N–H and O–H groups in total. The van der Waals surface area contributed by atoms with E-state index in [1.54, 1.807) is 18.2 Å². The van der Waals surface area contributed by atoms with Crippen LogP contribution in [0, 0.1) is 6.92 Å². The lowest BCUT2D eigenvalue weighted by atomic mass is 10.2. The molecule has 0 saturated heterocycles. The maximum Gasteiger partial charge on any atom is 0.250 e. The Labute approximate surface area is 124 Å². The Kier molecular flexibility index (Phi) is 4.47. The van der Waals surface area contributed by atoms with Gasteiger partial charge < -0.3 is 10.3 Å². The number of nitrogens with zero attached hydrogens (tertiary/aromatic N) is 1. The zero-order chi connectivity index (χ0) is 15.5. The summed E-state index contributed by atoms with van der Waals surface area (Å²) in [7, 11) is -3.32. The first-order chi connectivity index (χ1) is 9.88. The van der Waals surface area contributed by atoms with Gasteiger partial charge in [0, 0.05) is 24.5 Å². The fourth-order valence-electron chi connectivity index (χ4n) is 2.08. The highest BCUT2D eigenvalue weighted by Gasteiger charge is 2.14. The smallest absolute Gasteiger partial charge is 0.250 e. The summed E-state index contributed by atoms with van der Waals surface area (Å²) in [6, 6.07) is 9.74. The Morgan fingerprint density at radius 1 is 1.19 bits per heavy atom. The van der Waals surface area contributed by atoms with Crippen LogP contribution in [0.5, 0.6) is 0 Å². The standard InChI is InChI=1S/C15H18N2O3S/c1-12-4-2-5-14(10-12)21(19,20)9-3-8-17-11-13(16)6-7-15(17)18/h2,4-7,10-11H,3,8-9,16H2,1H3. The molecule has 0 bridgehead atoms. The number of nitrogen functional groups attached to an aromatic ring is 1. The fourth-order valence-corrected chi connectivity index (χ4v) is 3.47. The van der Waals surface area contributed by atoms with Crippen LogP contribution in [0.25, 0.3) is 0 Å². The highest BCUT2D eigenvalue weighted by Crippen LogP contribution is 2.14. The molecule has 112 valence electrons. The van der Waals surface area contributed by atoms with E-state index >= 15 is 0 Å². The van der Waals surface area contributed by atoms with Crippen LogP contribution in [0.2, 0.25) is 0 Å². The first-order valence-corrected chi connectivity index (χ1v) is 8.29. The molecule has 0 unspecified atom stereocenters. The van der Waals surface area contributed by atoms with Gasteiger partial charge in [0.1, 0.15) is 0 Å². The Balaban J connectivity index is 2.06. The molecule has 1 heterocycles. The monoisotopic (exact) mass is 306 g/mol. The van der Waals surface area contributed by atoms with Crippen LogP contribution in [0.15, 0.2) is 52.3 Å². The summed E-state index contributed by atoms with van der Waals surface area (Å²) in [6.07, 6.45) is 1.89. The molecule has 1 aromatic heterocycles. The lowest BCUT2D eigenvalue weighted by molar-refractivity contribution is 0.584. The van der Waals surface area contributed by atoms with E-state index in [-0.39, 0.29) is 11.3 Å². The minimum atomic E-state index is -3.32. The summed E-state index contributed by atoms with van der Waals surface area (Å²) in [4.78, 5) is 11.9. The quantitative estimate of drug-likeness (QED) is 0.909. The van der Waals surface area contributed by atoms with Gasteiger partial charge in [0.15, 0.2) is 9.84 Å². The Morgan fingerprint density at radius 2 is 1.95 bits per heavy atom. The molecule has 0 spiro atoms. The number of sulfone groups is 1. The number of aromatic nitrogens is 1. The Morgan fingerprint density at radius 3 is 2.67 bits per heavy atom. The average Bonchev–Trinajstić information content (AvgIpc) is 2.42. The third-order valence-electron chi connectivity index (χ3n) is 3.17. The minimum Gasteiger partial charge on any atom is -0.398 e. The SMILES string of the molecule is Cc1cccc(S(=O)(=O)CCCn2cc(N)ccc2=O)c1. The summed E-state index contributed by atoms with van der Waals surface area (Å²) in [6.45, 7) is 2.18. The van der Waals surface area contributed by atoms with Crippen molar-refractivity contribution in [3.05, 3.63) is 58.5 Å². The van der Waals surface area contributed by atoms with Gasteiger partial charge in [-0.15, -0.1) is 0 Å². The van der Waals surface area contributed by atoms with Crippen molar-refractivity contribution < 1.29 is 8.42 Å². The van der Waals surface area contributed by atoms with Crippen molar-refractivity contribution in [1.82, 2.24) is 4.57 Å². The van der Waals surface area contributed by atoms with E-state index in [1.165, 1.54) is 22.9 Å². The second kappa shape index (κ2) is 6.13. The maximum atomic E-state index is 12.2. The third kappa shape index (κ3) is 3.95. The van der Waals surface area contributed by atoms with Gasteiger partial charge in [0.05, 0.1) is 10.6 Å². The predicted octanol–water partition coefficient (Wildman–Crippen LogP) is 1.60. The number of anilines is 1. The molecular formula is C15H18N2O3S. The van der Waals surface area contributed by atoms with Crippen LogP contribution in [-0.2, 0) is 16.4 Å². The molecule has 0 saturated carbocycles. The molecule has 2 aromatic rings. The van der Waals surface area contributed by atoms with Crippen LogP contribution in [0.3, 0.4) is 0 Å². The number of pyridine rings is 1. The summed E-state index contributed by atoms with van der Waals surface area (Å²) in [5.74, 6) is -0.00229. The molecule has 5 nitrogen and oxygen atoms in total. The molecule has 1 aromatic carbocycles. The second-order valence-corrected chi connectivity index (χ2v) is 7.09. The van der Waals surface area contributed by atoms with Gasteiger partial charge in [-0.1, -0.05) is 12.1 Å². The van der Waals surface area contributed by atoms with Gasteiger partial charge in [-0.25, -0.2) is 8.42 Å². The van der Waals surface area contributed by atoms with E-state index in [9.17, 15) is 13.2 Å². The first-order valence-electron chi connectivity index (χ1n) is 6.64.